The molecule has 2 unspecified atom stereocenters. The summed E-state index contributed by atoms with van der Waals surface area (Å²) in [5.41, 5.74) is 7.73. The highest BCUT2D eigenvalue weighted by molar-refractivity contribution is 7.17. The van der Waals surface area contributed by atoms with Crippen LogP contribution >= 0.6 is 11.3 Å². The fourth-order valence-electron chi connectivity index (χ4n) is 2.86. The molecule has 20 heavy (non-hydrogen) atoms. The van der Waals surface area contributed by atoms with Crippen LogP contribution in [0.25, 0.3) is 10.1 Å². The molecule has 0 radical (unpaired) electrons. The van der Waals surface area contributed by atoms with Crippen LogP contribution in [0.4, 0.5) is 0 Å². The molecule has 4 heteroatoms. The Kier molecular flexibility index (Phi) is 4.08. The van der Waals surface area contributed by atoms with Gasteiger partial charge in [-0.05, 0) is 36.2 Å². The predicted octanol–water partition coefficient (Wildman–Crippen LogP) is 3.01. The molecule has 0 aliphatic carbocycles. The van der Waals surface area contributed by atoms with Crippen LogP contribution < -0.4 is 5.73 Å². The maximum Gasteiger partial charge on any atom is 0.0895 e. The normalized spacial score (nSPS) is 22.5. The topological polar surface area (TPSA) is 38.5 Å². The zero-order valence-electron chi connectivity index (χ0n) is 12.1. The van der Waals surface area contributed by atoms with Crippen molar-refractivity contribution in [3.05, 3.63) is 35.2 Å². The van der Waals surface area contributed by atoms with Crippen LogP contribution in [0.5, 0.6) is 0 Å². The molecule has 2 atom stereocenters. The number of hydrogen-bond acceptors (Lipinski definition) is 4. The number of morpholine rings is 1. The standard InChI is InChI=1S/C16H22N2OS/c1-11(2)18-7-8-19-14(10-18)15(17)13-5-3-4-12-6-9-20-16(12)13/h3-6,9,11,14-15H,7-8,10,17H2,1-2H3. The minimum absolute atomic E-state index is 0.0566. The van der Waals surface area contributed by atoms with Crippen LogP contribution in [0.2, 0.25) is 0 Å². The van der Waals surface area contributed by atoms with E-state index in [9.17, 15) is 0 Å². The van der Waals surface area contributed by atoms with E-state index in [1.54, 1.807) is 11.3 Å². The van der Waals surface area contributed by atoms with Crippen molar-refractivity contribution in [3.63, 3.8) is 0 Å². The van der Waals surface area contributed by atoms with Gasteiger partial charge in [0.2, 0.25) is 0 Å². The number of rotatable bonds is 3. The van der Waals surface area contributed by atoms with Gasteiger partial charge in [-0.2, -0.15) is 0 Å². The molecule has 1 aliphatic rings. The van der Waals surface area contributed by atoms with Crippen molar-refractivity contribution in [2.45, 2.75) is 32.0 Å². The van der Waals surface area contributed by atoms with E-state index in [4.69, 9.17) is 10.5 Å². The summed E-state index contributed by atoms with van der Waals surface area (Å²) < 4.78 is 7.23. The predicted molar refractivity (Wildman–Crippen MR) is 85.2 cm³/mol. The molecule has 2 N–H and O–H groups in total. The summed E-state index contributed by atoms with van der Waals surface area (Å²) in [4.78, 5) is 2.45. The first-order valence-corrected chi connectivity index (χ1v) is 8.12. The van der Waals surface area contributed by atoms with Crippen molar-refractivity contribution >= 4 is 21.4 Å². The van der Waals surface area contributed by atoms with E-state index in [-0.39, 0.29) is 12.1 Å². The monoisotopic (exact) mass is 290 g/mol. The summed E-state index contributed by atoms with van der Waals surface area (Å²) in [6, 6.07) is 9.02. The molecule has 0 amide bonds. The highest BCUT2D eigenvalue weighted by Crippen LogP contribution is 2.31. The fourth-order valence-corrected chi connectivity index (χ4v) is 3.82. The average molecular weight is 290 g/mol. The minimum atomic E-state index is -0.0566. The molecule has 1 aliphatic heterocycles. The summed E-state index contributed by atoms with van der Waals surface area (Å²) >= 11 is 1.76. The molecule has 1 saturated heterocycles. The van der Waals surface area contributed by atoms with Gasteiger partial charge in [0, 0.05) is 23.8 Å². The lowest BCUT2D eigenvalue weighted by atomic mass is 9.99. The Hall–Kier alpha value is -0.940. The van der Waals surface area contributed by atoms with E-state index in [1.807, 2.05) is 0 Å². The summed E-state index contributed by atoms with van der Waals surface area (Å²) in [5, 5.41) is 3.41. The number of thiophene rings is 1. The molecule has 3 rings (SSSR count). The molecular formula is C16H22N2OS. The van der Waals surface area contributed by atoms with Crippen LogP contribution in [0, 0.1) is 0 Å². The Morgan fingerprint density at radius 3 is 3.00 bits per heavy atom. The van der Waals surface area contributed by atoms with E-state index in [1.165, 1.54) is 15.6 Å². The largest absolute Gasteiger partial charge is 0.374 e. The summed E-state index contributed by atoms with van der Waals surface area (Å²) in [5.74, 6) is 0. The Bertz CT molecular complexity index is 581. The highest BCUT2D eigenvalue weighted by atomic mass is 32.1. The van der Waals surface area contributed by atoms with E-state index >= 15 is 0 Å². The van der Waals surface area contributed by atoms with Crippen molar-refractivity contribution in [3.8, 4) is 0 Å². The number of fused-ring (bicyclic) bond motifs is 1. The highest BCUT2D eigenvalue weighted by Gasteiger charge is 2.28. The zero-order chi connectivity index (χ0) is 14.1. The maximum absolute atomic E-state index is 6.51. The smallest absolute Gasteiger partial charge is 0.0895 e. The van der Waals surface area contributed by atoms with Crippen LogP contribution in [0.15, 0.2) is 29.6 Å². The third kappa shape index (κ3) is 2.61. The molecule has 0 spiro atoms. The minimum Gasteiger partial charge on any atom is -0.374 e. The lowest BCUT2D eigenvalue weighted by molar-refractivity contribution is -0.0500. The molecule has 1 fully saturated rings. The van der Waals surface area contributed by atoms with Gasteiger partial charge in [0.15, 0.2) is 0 Å². The van der Waals surface area contributed by atoms with Crippen LogP contribution in [-0.4, -0.2) is 36.7 Å². The van der Waals surface area contributed by atoms with Crippen molar-refractivity contribution in [1.29, 1.82) is 0 Å². The van der Waals surface area contributed by atoms with Gasteiger partial charge in [0.05, 0.1) is 18.8 Å². The number of nitrogens with zero attached hydrogens (tertiary/aromatic N) is 1. The molecule has 0 bridgehead atoms. The molecular weight excluding hydrogens is 268 g/mol. The molecule has 0 saturated carbocycles. The van der Waals surface area contributed by atoms with Crippen molar-refractivity contribution in [2.75, 3.05) is 19.7 Å². The summed E-state index contributed by atoms with van der Waals surface area (Å²) in [6.45, 7) is 7.16. The molecule has 1 aromatic heterocycles. The van der Waals surface area contributed by atoms with Gasteiger partial charge in [-0.3, -0.25) is 4.90 Å². The molecule has 1 aromatic carbocycles. The first kappa shape index (κ1) is 14.0. The second kappa shape index (κ2) is 5.82. The first-order chi connectivity index (χ1) is 9.66. The quantitative estimate of drug-likeness (QED) is 0.944. The number of nitrogens with two attached hydrogens (primary N) is 1. The van der Waals surface area contributed by atoms with Crippen LogP contribution in [-0.2, 0) is 4.74 Å². The molecule has 2 aromatic rings. The Morgan fingerprint density at radius 1 is 1.35 bits per heavy atom. The van der Waals surface area contributed by atoms with E-state index in [0.717, 1.165) is 19.7 Å². The van der Waals surface area contributed by atoms with Crippen molar-refractivity contribution in [2.24, 2.45) is 5.73 Å². The van der Waals surface area contributed by atoms with E-state index < -0.39 is 0 Å². The second-order valence-corrected chi connectivity index (χ2v) is 6.63. The Labute approximate surface area is 124 Å². The van der Waals surface area contributed by atoms with Crippen LogP contribution in [0.3, 0.4) is 0 Å². The number of ether oxygens (including phenoxy) is 1. The number of benzene rings is 1. The first-order valence-electron chi connectivity index (χ1n) is 7.24. The van der Waals surface area contributed by atoms with Gasteiger partial charge in [-0.25, -0.2) is 0 Å². The Balaban J connectivity index is 1.84. The van der Waals surface area contributed by atoms with Crippen molar-refractivity contribution < 1.29 is 4.74 Å². The molecule has 3 nitrogen and oxygen atoms in total. The molecule has 2 heterocycles. The Morgan fingerprint density at radius 2 is 2.20 bits per heavy atom. The van der Waals surface area contributed by atoms with Gasteiger partial charge in [-0.1, -0.05) is 18.2 Å². The van der Waals surface area contributed by atoms with Gasteiger partial charge >= 0.3 is 0 Å². The lowest BCUT2D eigenvalue weighted by Crippen LogP contribution is -2.49. The second-order valence-electron chi connectivity index (χ2n) is 5.71. The summed E-state index contributed by atoms with van der Waals surface area (Å²) in [7, 11) is 0. The maximum atomic E-state index is 6.51. The van der Waals surface area contributed by atoms with Gasteiger partial charge < -0.3 is 10.5 Å². The number of hydrogen-bond donors (Lipinski definition) is 1. The van der Waals surface area contributed by atoms with E-state index in [0.29, 0.717) is 6.04 Å². The lowest BCUT2D eigenvalue weighted by Gasteiger charge is -2.38. The average Bonchev–Trinajstić information content (AvgIpc) is 2.95. The third-order valence-electron chi connectivity index (χ3n) is 4.12. The third-order valence-corrected chi connectivity index (χ3v) is 5.10. The van der Waals surface area contributed by atoms with E-state index in [2.05, 4.69) is 48.4 Å². The van der Waals surface area contributed by atoms with Crippen molar-refractivity contribution in [1.82, 2.24) is 4.90 Å². The van der Waals surface area contributed by atoms with Gasteiger partial charge in [0.25, 0.3) is 0 Å². The van der Waals surface area contributed by atoms with Gasteiger partial charge in [-0.15, -0.1) is 11.3 Å². The SMILES string of the molecule is CC(C)N1CCOC(C(N)c2cccc3ccsc23)C1. The fraction of sp³-hybridized carbons (Fsp3) is 0.500. The zero-order valence-corrected chi connectivity index (χ0v) is 12.9. The van der Waals surface area contributed by atoms with Crippen LogP contribution in [0.1, 0.15) is 25.5 Å². The van der Waals surface area contributed by atoms with Gasteiger partial charge in [0.1, 0.15) is 0 Å². The molecule has 108 valence electrons. The summed E-state index contributed by atoms with van der Waals surface area (Å²) in [6.07, 6.45) is 0.0823.